The third-order valence-electron chi connectivity index (χ3n) is 2.00. The van der Waals surface area contributed by atoms with Gasteiger partial charge in [0.05, 0.1) is 0 Å². The van der Waals surface area contributed by atoms with Crippen LogP contribution in [0.4, 0.5) is 0 Å². The van der Waals surface area contributed by atoms with Crippen LogP contribution in [0.1, 0.15) is 60.3 Å². The summed E-state index contributed by atoms with van der Waals surface area (Å²) < 4.78 is 0. The van der Waals surface area contributed by atoms with Gasteiger partial charge in [0.25, 0.3) is 0 Å². The fraction of sp³-hybridized carbons (Fsp3) is 1.00. The largest absolute Gasteiger partial charge is 0.309 e. The van der Waals surface area contributed by atoms with Gasteiger partial charge in [-0.05, 0) is 60.0 Å². The predicted molar refractivity (Wildman–Crippen MR) is 82.9 cm³/mol. The summed E-state index contributed by atoms with van der Waals surface area (Å²) in [6, 6.07) is 0. The zero-order valence-corrected chi connectivity index (χ0v) is 13.8. The highest BCUT2D eigenvalue weighted by Gasteiger charge is 2.03. The molecule has 1 aliphatic heterocycles. The van der Waals surface area contributed by atoms with Crippen molar-refractivity contribution in [2.75, 3.05) is 40.8 Å². The highest BCUT2D eigenvalue weighted by Crippen LogP contribution is 2.02. The van der Waals surface area contributed by atoms with Crippen molar-refractivity contribution in [2.24, 2.45) is 0 Å². The summed E-state index contributed by atoms with van der Waals surface area (Å²) >= 11 is 0. The zero-order valence-electron chi connectivity index (χ0n) is 13.8. The first-order valence-corrected chi connectivity index (χ1v) is 7.41. The summed E-state index contributed by atoms with van der Waals surface area (Å²) in [6.45, 7) is 14.3. The molecule has 0 N–H and O–H groups in total. The summed E-state index contributed by atoms with van der Waals surface area (Å²) in [4.78, 5) is 4.54. The molecule has 0 radical (unpaired) electrons. The van der Waals surface area contributed by atoms with Gasteiger partial charge in [0.15, 0.2) is 0 Å². The summed E-state index contributed by atoms with van der Waals surface area (Å²) in [6.07, 6.45) is 5.33. The minimum absolute atomic E-state index is 1.21. The van der Waals surface area contributed by atoms with Gasteiger partial charge in [-0.3, -0.25) is 0 Å². The van der Waals surface area contributed by atoms with Crippen LogP contribution in [0.5, 0.6) is 0 Å². The smallest absolute Gasteiger partial charge is 0.00213 e. The normalized spacial score (nSPS) is 13.9. The van der Waals surface area contributed by atoms with Crippen LogP contribution in [0.3, 0.4) is 0 Å². The van der Waals surface area contributed by atoms with E-state index in [-0.39, 0.29) is 0 Å². The van der Waals surface area contributed by atoms with E-state index in [1.54, 1.807) is 0 Å². The first kappa shape index (κ1) is 22.1. The Labute approximate surface area is 111 Å². The molecular weight excluding hydrogens is 208 g/mol. The Hall–Kier alpha value is -0.0800. The van der Waals surface area contributed by atoms with Gasteiger partial charge in [-0.15, -0.1) is 0 Å². The Morgan fingerprint density at radius 3 is 1.35 bits per heavy atom. The number of rotatable bonds is 2. The Bertz CT molecular complexity index is 97.1. The quantitative estimate of drug-likeness (QED) is 0.723. The third kappa shape index (κ3) is 31.3. The van der Waals surface area contributed by atoms with Crippen LogP contribution in [0.2, 0.25) is 0 Å². The van der Waals surface area contributed by atoms with Gasteiger partial charge in [-0.25, -0.2) is 0 Å². The van der Waals surface area contributed by atoms with E-state index in [9.17, 15) is 0 Å². The van der Waals surface area contributed by atoms with Crippen LogP contribution in [0, 0.1) is 0 Å². The molecule has 1 saturated heterocycles. The molecule has 1 aliphatic rings. The molecule has 1 heterocycles. The molecule has 17 heavy (non-hydrogen) atoms. The second-order valence-electron chi connectivity index (χ2n) is 4.52. The number of nitrogens with zero attached hydrogens (tertiary/aromatic N) is 2. The number of hydrogen-bond acceptors (Lipinski definition) is 2. The summed E-state index contributed by atoms with van der Waals surface area (Å²) in [7, 11) is 6.35. The van der Waals surface area contributed by atoms with Crippen LogP contribution < -0.4 is 0 Å². The van der Waals surface area contributed by atoms with Crippen molar-refractivity contribution in [1.29, 1.82) is 0 Å². The molecule has 0 bridgehead atoms. The molecule has 0 saturated carbocycles. The lowest BCUT2D eigenvalue weighted by Crippen LogP contribution is -2.11. The molecule has 108 valence electrons. The van der Waals surface area contributed by atoms with E-state index in [1.807, 2.05) is 13.8 Å². The monoisotopic (exact) mass is 246 g/mol. The van der Waals surface area contributed by atoms with Crippen molar-refractivity contribution < 1.29 is 0 Å². The van der Waals surface area contributed by atoms with E-state index >= 15 is 0 Å². The number of likely N-dealkylation sites (tertiary alicyclic amines) is 1. The second-order valence-corrected chi connectivity index (χ2v) is 4.52. The van der Waals surface area contributed by atoms with Gasteiger partial charge in [0, 0.05) is 0 Å². The fourth-order valence-corrected chi connectivity index (χ4v) is 1.32. The molecule has 1 rings (SSSR count). The zero-order chi connectivity index (χ0) is 14.1. The molecule has 0 spiro atoms. The lowest BCUT2D eigenvalue weighted by Gasteiger charge is -2.03. The minimum atomic E-state index is 1.21. The third-order valence-corrected chi connectivity index (χ3v) is 2.00. The average Bonchev–Trinajstić information content (AvgIpc) is 2.74. The Balaban J connectivity index is -0.000000169. The molecule has 0 aliphatic carbocycles. The van der Waals surface area contributed by atoms with Crippen molar-refractivity contribution in [3.8, 4) is 0 Å². The lowest BCUT2D eigenvalue weighted by molar-refractivity contribution is 0.408. The van der Waals surface area contributed by atoms with E-state index in [0.29, 0.717) is 0 Å². The molecule has 0 unspecified atom stereocenters. The molecule has 0 aromatic heterocycles. The molecule has 0 amide bonds. The molecule has 2 heteroatoms. The molecule has 1 fully saturated rings. The van der Waals surface area contributed by atoms with E-state index < -0.39 is 0 Å². The number of hydrogen-bond donors (Lipinski definition) is 0. The van der Waals surface area contributed by atoms with Gasteiger partial charge in [-0.2, -0.15) is 0 Å². The Kier molecular flexibility index (Phi) is 27.6. The van der Waals surface area contributed by atoms with E-state index in [4.69, 9.17) is 0 Å². The minimum Gasteiger partial charge on any atom is -0.309 e. The molecule has 0 atom stereocenters. The van der Waals surface area contributed by atoms with Crippen molar-refractivity contribution in [2.45, 2.75) is 60.3 Å². The fourth-order valence-electron chi connectivity index (χ4n) is 1.32. The Morgan fingerprint density at radius 2 is 1.29 bits per heavy atom. The molecular formula is C15H38N2. The van der Waals surface area contributed by atoms with E-state index in [2.05, 4.69) is 51.7 Å². The molecule has 0 aromatic carbocycles. The molecule has 0 aromatic rings. The van der Waals surface area contributed by atoms with Crippen molar-refractivity contribution >= 4 is 0 Å². The highest BCUT2D eigenvalue weighted by molar-refractivity contribution is 4.59. The standard InChI is InChI=1S/C5H11N.C5H13N.C3H8.C2H6/c1-6-4-2-3-5-6;1-4-5-6(2)3;1-3-2;1-2/h2-5H2,1H3;4-5H2,1-3H3;3H2,1-2H3;1-2H3. The van der Waals surface area contributed by atoms with Gasteiger partial charge >= 0.3 is 0 Å². The van der Waals surface area contributed by atoms with Crippen LogP contribution in [0.25, 0.3) is 0 Å². The topological polar surface area (TPSA) is 6.48 Å². The van der Waals surface area contributed by atoms with Crippen LogP contribution in [-0.2, 0) is 0 Å². The second kappa shape index (κ2) is 21.2. The first-order chi connectivity index (χ1) is 8.08. The van der Waals surface area contributed by atoms with Gasteiger partial charge in [0.1, 0.15) is 0 Å². The van der Waals surface area contributed by atoms with Crippen molar-refractivity contribution in [3.63, 3.8) is 0 Å². The van der Waals surface area contributed by atoms with Crippen molar-refractivity contribution in [1.82, 2.24) is 9.80 Å². The van der Waals surface area contributed by atoms with E-state index in [0.717, 1.165) is 0 Å². The van der Waals surface area contributed by atoms with Gasteiger partial charge in [0.2, 0.25) is 0 Å². The maximum atomic E-state index is 2.36. The lowest BCUT2D eigenvalue weighted by atomic mass is 10.4. The van der Waals surface area contributed by atoms with Crippen LogP contribution >= 0.6 is 0 Å². The summed E-state index contributed by atoms with van der Waals surface area (Å²) in [5, 5.41) is 0. The predicted octanol–water partition coefficient (Wildman–Crippen LogP) is 4.11. The van der Waals surface area contributed by atoms with E-state index in [1.165, 1.54) is 45.3 Å². The Morgan fingerprint density at radius 1 is 0.941 bits per heavy atom. The van der Waals surface area contributed by atoms with Crippen LogP contribution in [-0.4, -0.2) is 50.6 Å². The van der Waals surface area contributed by atoms with Gasteiger partial charge in [-0.1, -0.05) is 41.0 Å². The maximum absolute atomic E-state index is 2.36. The van der Waals surface area contributed by atoms with Crippen LogP contribution in [0.15, 0.2) is 0 Å². The van der Waals surface area contributed by atoms with Crippen molar-refractivity contribution in [3.05, 3.63) is 0 Å². The maximum Gasteiger partial charge on any atom is -0.00213 e. The SMILES string of the molecule is CC.CCC.CCCN(C)C.CN1CCCC1. The summed E-state index contributed by atoms with van der Waals surface area (Å²) in [5.41, 5.74) is 0. The average molecular weight is 246 g/mol. The highest BCUT2D eigenvalue weighted by atomic mass is 15.1. The summed E-state index contributed by atoms with van der Waals surface area (Å²) in [5.74, 6) is 0. The first-order valence-electron chi connectivity index (χ1n) is 7.41. The van der Waals surface area contributed by atoms with Gasteiger partial charge < -0.3 is 9.80 Å². The molecule has 2 nitrogen and oxygen atoms in total.